The molecular formula is C36H34Cl2N4O4. The number of carbonyl (C=O) groups excluding carboxylic acids is 3. The van der Waals surface area contributed by atoms with Gasteiger partial charge in [0.1, 0.15) is 17.3 Å². The third-order valence-electron chi connectivity index (χ3n) is 9.87. The Morgan fingerprint density at radius 3 is 2.41 bits per heavy atom. The summed E-state index contributed by atoms with van der Waals surface area (Å²) < 4.78 is 6.69. The van der Waals surface area contributed by atoms with Gasteiger partial charge in [0, 0.05) is 78.2 Å². The van der Waals surface area contributed by atoms with Gasteiger partial charge in [0.15, 0.2) is 0 Å². The number of terminal acetylenes is 1. The molecule has 0 aliphatic carbocycles. The highest BCUT2D eigenvalue weighted by Gasteiger charge is 2.61. The number of benzene rings is 3. The molecule has 3 saturated heterocycles. The molecule has 2 N–H and O–H groups in total. The minimum Gasteiger partial charge on any atom is -0.490 e. The van der Waals surface area contributed by atoms with Crippen molar-refractivity contribution in [1.29, 1.82) is 0 Å². The number of nitrogens with zero attached hydrogens (tertiary/aromatic N) is 2. The zero-order valence-electron chi connectivity index (χ0n) is 25.2. The molecule has 4 aliphatic rings. The quantitative estimate of drug-likeness (QED) is 0.324. The number of nitrogens with one attached hydrogen (secondary N) is 2. The Morgan fingerprint density at radius 1 is 0.935 bits per heavy atom. The van der Waals surface area contributed by atoms with E-state index in [0.717, 1.165) is 37.1 Å². The molecule has 3 unspecified atom stereocenters. The molecule has 4 amide bonds. The van der Waals surface area contributed by atoms with E-state index in [1.165, 1.54) is 0 Å². The molecule has 0 aromatic heterocycles. The van der Waals surface area contributed by atoms with Crippen LogP contribution in [0.4, 0.5) is 10.5 Å². The van der Waals surface area contributed by atoms with E-state index in [-0.39, 0.29) is 30.4 Å². The average Bonchev–Trinajstić information content (AvgIpc) is 3.69. The highest BCUT2D eigenvalue weighted by Crippen LogP contribution is 2.58. The maximum atomic E-state index is 14.5. The number of fused-ring (bicyclic) bond motifs is 2. The summed E-state index contributed by atoms with van der Waals surface area (Å²) in [6, 6.07) is 17.4. The maximum absolute atomic E-state index is 14.5. The van der Waals surface area contributed by atoms with Crippen LogP contribution in [0.2, 0.25) is 10.0 Å². The van der Waals surface area contributed by atoms with Crippen molar-refractivity contribution in [3.05, 3.63) is 93.0 Å². The Balaban J connectivity index is 1.29. The largest absolute Gasteiger partial charge is 0.490 e. The van der Waals surface area contributed by atoms with Gasteiger partial charge in [-0.25, -0.2) is 4.79 Å². The van der Waals surface area contributed by atoms with Crippen LogP contribution in [0.5, 0.6) is 5.75 Å². The van der Waals surface area contributed by atoms with Crippen molar-refractivity contribution in [2.24, 2.45) is 0 Å². The predicted octanol–water partition coefficient (Wildman–Crippen LogP) is 6.27. The van der Waals surface area contributed by atoms with Gasteiger partial charge in [-0.3, -0.25) is 9.59 Å². The third kappa shape index (κ3) is 5.26. The molecule has 7 rings (SSSR count). The van der Waals surface area contributed by atoms with Crippen LogP contribution in [0.1, 0.15) is 66.3 Å². The van der Waals surface area contributed by atoms with Gasteiger partial charge in [-0.1, -0.05) is 47.3 Å². The molecule has 4 aliphatic heterocycles. The molecule has 10 heteroatoms. The van der Waals surface area contributed by atoms with E-state index < -0.39 is 17.4 Å². The Kier molecular flexibility index (Phi) is 8.08. The number of piperidine rings is 2. The van der Waals surface area contributed by atoms with Crippen LogP contribution >= 0.6 is 23.2 Å². The van der Waals surface area contributed by atoms with Crippen molar-refractivity contribution in [1.82, 2.24) is 15.1 Å². The molecule has 3 aromatic rings. The standard InChI is InChI=1S/C36H34Cl2N4O4/c1-2-22-8-11-31(46-26-12-16-42(17-13-26)35(45)41-14-3-4-15-41)27(18-22)33-36(28-10-9-25(38)20-30(28)39-34(36)44)29(21-32(43)40-33)23-6-5-7-24(37)19-23/h1,5-11,18-20,26,29,33H,3-4,12-17,21H2,(H,39,44)(H,40,43). The normalized spacial score (nSPS) is 24.4. The second-order valence-corrected chi connectivity index (χ2v) is 13.4. The zero-order valence-corrected chi connectivity index (χ0v) is 26.7. The zero-order chi connectivity index (χ0) is 32.0. The average molecular weight is 658 g/mol. The van der Waals surface area contributed by atoms with Crippen LogP contribution in [0, 0.1) is 12.3 Å². The second-order valence-electron chi connectivity index (χ2n) is 12.5. The maximum Gasteiger partial charge on any atom is 0.320 e. The van der Waals surface area contributed by atoms with Gasteiger partial charge in [-0.05, 0) is 66.4 Å². The monoisotopic (exact) mass is 656 g/mol. The van der Waals surface area contributed by atoms with Gasteiger partial charge in [0.2, 0.25) is 11.8 Å². The first-order chi connectivity index (χ1) is 22.3. The molecule has 236 valence electrons. The van der Waals surface area contributed by atoms with Crippen molar-refractivity contribution in [3.63, 3.8) is 0 Å². The summed E-state index contributed by atoms with van der Waals surface area (Å²) in [4.78, 5) is 44.9. The Hall–Kier alpha value is -4.19. The fraction of sp³-hybridized carbons (Fsp3) is 0.361. The minimum atomic E-state index is -1.27. The lowest BCUT2D eigenvalue weighted by Gasteiger charge is -2.47. The first kappa shape index (κ1) is 30.5. The molecule has 3 aromatic carbocycles. The Morgan fingerprint density at radius 2 is 1.67 bits per heavy atom. The number of hydrogen-bond acceptors (Lipinski definition) is 4. The number of amides is 4. The fourth-order valence-corrected chi connectivity index (χ4v) is 8.06. The lowest BCUT2D eigenvalue weighted by Crippen LogP contribution is -2.57. The topological polar surface area (TPSA) is 91.0 Å². The van der Waals surface area contributed by atoms with E-state index in [1.807, 2.05) is 46.2 Å². The second kappa shape index (κ2) is 12.2. The molecule has 8 nitrogen and oxygen atoms in total. The van der Waals surface area contributed by atoms with Crippen molar-refractivity contribution in [2.75, 3.05) is 31.5 Å². The molecular weight excluding hydrogens is 623 g/mol. The van der Waals surface area contributed by atoms with E-state index >= 15 is 0 Å². The van der Waals surface area contributed by atoms with Gasteiger partial charge in [0.25, 0.3) is 0 Å². The molecule has 46 heavy (non-hydrogen) atoms. The highest BCUT2D eigenvalue weighted by molar-refractivity contribution is 6.31. The fourth-order valence-electron chi connectivity index (χ4n) is 7.69. The molecule has 0 radical (unpaired) electrons. The highest BCUT2D eigenvalue weighted by atomic mass is 35.5. The van der Waals surface area contributed by atoms with E-state index in [4.69, 9.17) is 34.4 Å². The van der Waals surface area contributed by atoms with Crippen LogP contribution in [0.3, 0.4) is 0 Å². The van der Waals surface area contributed by atoms with Crippen LogP contribution in [0.25, 0.3) is 0 Å². The molecule has 3 atom stereocenters. The lowest BCUT2D eigenvalue weighted by molar-refractivity contribution is -0.131. The summed E-state index contributed by atoms with van der Waals surface area (Å²) in [5.41, 5.74) is 2.03. The summed E-state index contributed by atoms with van der Waals surface area (Å²) in [7, 11) is 0. The van der Waals surface area contributed by atoms with Crippen LogP contribution < -0.4 is 15.4 Å². The van der Waals surface area contributed by atoms with Crippen molar-refractivity contribution < 1.29 is 19.1 Å². The molecule has 3 fully saturated rings. The SMILES string of the molecule is C#Cc1ccc(OC2CCN(C(=O)N3CCCC3)CC2)c(C2NC(=O)CC(c3cccc(Cl)c3)C23C(=O)Nc2cc(Cl)ccc23)c1. The van der Waals surface area contributed by atoms with Gasteiger partial charge >= 0.3 is 6.03 Å². The van der Waals surface area contributed by atoms with E-state index in [2.05, 4.69) is 16.6 Å². The summed E-state index contributed by atoms with van der Waals surface area (Å²) in [6.45, 7) is 2.81. The molecule has 0 bridgehead atoms. The smallest absolute Gasteiger partial charge is 0.320 e. The van der Waals surface area contributed by atoms with E-state index in [0.29, 0.717) is 58.5 Å². The first-order valence-corrected chi connectivity index (χ1v) is 16.5. The first-order valence-electron chi connectivity index (χ1n) is 15.8. The van der Waals surface area contributed by atoms with Gasteiger partial charge < -0.3 is 25.2 Å². The van der Waals surface area contributed by atoms with Gasteiger partial charge in [-0.15, -0.1) is 6.42 Å². The van der Waals surface area contributed by atoms with Crippen LogP contribution in [0.15, 0.2) is 60.7 Å². The number of urea groups is 1. The van der Waals surface area contributed by atoms with Crippen LogP contribution in [-0.4, -0.2) is 59.9 Å². The molecule has 1 spiro atoms. The summed E-state index contributed by atoms with van der Waals surface area (Å²) in [5.74, 6) is 2.22. The minimum absolute atomic E-state index is 0.0703. The lowest BCUT2D eigenvalue weighted by atomic mass is 9.59. The van der Waals surface area contributed by atoms with E-state index in [1.54, 1.807) is 24.3 Å². The van der Waals surface area contributed by atoms with Crippen LogP contribution in [-0.2, 0) is 15.0 Å². The van der Waals surface area contributed by atoms with E-state index in [9.17, 15) is 14.4 Å². The Labute approximate surface area is 278 Å². The Bertz CT molecular complexity index is 1760. The third-order valence-corrected chi connectivity index (χ3v) is 10.3. The number of carbonyl (C=O) groups is 3. The van der Waals surface area contributed by atoms with Crippen molar-refractivity contribution in [2.45, 2.75) is 55.6 Å². The number of hydrogen-bond donors (Lipinski definition) is 2. The number of likely N-dealkylation sites (tertiary alicyclic amines) is 2. The van der Waals surface area contributed by atoms with Gasteiger partial charge in [0.05, 0.1) is 6.04 Å². The summed E-state index contributed by atoms with van der Waals surface area (Å²) in [6.07, 6.45) is 9.20. The molecule has 4 heterocycles. The van der Waals surface area contributed by atoms with Crippen molar-refractivity contribution >= 4 is 46.7 Å². The predicted molar refractivity (Wildman–Crippen MR) is 177 cm³/mol. The molecule has 0 saturated carbocycles. The summed E-state index contributed by atoms with van der Waals surface area (Å²) >= 11 is 12.8. The van der Waals surface area contributed by atoms with Crippen molar-refractivity contribution in [3.8, 4) is 18.1 Å². The number of ether oxygens (including phenoxy) is 1. The van der Waals surface area contributed by atoms with Gasteiger partial charge in [-0.2, -0.15) is 0 Å². The number of anilines is 1. The number of halogens is 2. The number of rotatable bonds is 4. The summed E-state index contributed by atoms with van der Waals surface area (Å²) in [5, 5.41) is 7.24.